The van der Waals surface area contributed by atoms with Crippen LogP contribution in [0.4, 0.5) is 0 Å². The van der Waals surface area contributed by atoms with E-state index in [0.29, 0.717) is 33.8 Å². The van der Waals surface area contributed by atoms with Gasteiger partial charge in [-0.05, 0) is 24.3 Å². The molecule has 1 aliphatic rings. The van der Waals surface area contributed by atoms with Crippen LogP contribution in [0.1, 0.15) is 0 Å². The number of carbonyl (C=O) groups excluding carboxylic acids is 1. The number of halogens is 2. The molecule has 2 aromatic carbocycles. The van der Waals surface area contributed by atoms with Crippen molar-refractivity contribution >= 4 is 40.9 Å². The number of fused-ring (bicyclic) bond motifs is 1. The number of hydrogen-bond donors (Lipinski definition) is 1. The van der Waals surface area contributed by atoms with Crippen LogP contribution in [0, 0.1) is 0 Å². The van der Waals surface area contributed by atoms with E-state index in [1.54, 1.807) is 18.2 Å². The Balaban J connectivity index is 1.47. The van der Waals surface area contributed by atoms with Gasteiger partial charge in [0.05, 0.1) is 22.3 Å². The first-order valence-electron chi connectivity index (χ1n) is 7.35. The minimum absolute atomic E-state index is 0.113. The van der Waals surface area contributed by atoms with E-state index in [1.165, 1.54) is 11.8 Å². The molecule has 0 saturated heterocycles. The molecular formula is C17H15Cl2NO3S. The zero-order valence-electron chi connectivity index (χ0n) is 12.6. The zero-order valence-corrected chi connectivity index (χ0v) is 15.0. The minimum atomic E-state index is -0.210. The SMILES string of the molecule is O=C(CSc1c(Cl)cccc1Cl)NC[C@@H]1COc2ccccc2O1. The Hall–Kier alpha value is -1.56. The molecule has 1 atom stereocenters. The van der Waals surface area contributed by atoms with Crippen LogP contribution in [0.3, 0.4) is 0 Å². The van der Waals surface area contributed by atoms with Gasteiger partial charge in [-0.2, -0.15) is 0 Å². The summed E-state index contributed by atoms with van der Waals surface area (Å²) in [6, 6.07) is 12.7. The summed E-state index contributed by atoms with van der Waals surface area (Å²) in [4.78, 5) is 12.7. The van der Waals surface area contributed by atoms with Crippen LogP contribution >= 0.6 is 35.0 Å². The van der Waals surface area contributed by atoms with Gasteiger partial charge < -0.3 is 14.8 Å². The van der Waals surface area contributed by atoms with Crippen LogP contribution in [0.25, 0.3) is 0 Å². The lowest BCUT2D eigenvalue weighted by Crippen LogP contribution is -2.41. The first-order chi connectivity index (χ1) is 11.6. The van der Waals surface area contributed by atoms with Gasteiger partial charge in [-0.1, -0.05) is 41.4 Å². The molecule has 0 unspecified atom stereocenters. The second-order valence-corrected chi connectivity index (χ2v) is 6.94. The van der Waals surface area contributed by atoms with Gasteiger partial charge in [-0.15, -0.1) is 11.8 Å². The van der Waals surface area contributed by atoms with Gasteiger partial charge in [-0.3, -0.25) is 4.79 Å². The average molecular weight is 384 g/mol. The van der Waals surface area contributed by atoms with Crippen molar-refractivity contribution in [3.8, 4) is 11.5 Å². The quantitative estimate of drug-likeness (QED) is 0.791. The number of nitrogens with one attached hydrogen (secondary N) is 1. The largest absolute Gasteiger partial charge is 0.486 e. The third-order valence-electron chi connectivity index (χ3n) is 3.36. The topological polar surface area (TPSA) is 47.6 Å². The summed E-state index contributed by atoms with van der Waals surface area (Å²) in [6.45, 7) is 0.782. The lowest BCUT2D eigenvalue weighted by molar-refractivity contribution is -0.119. The van der Waals surface area contributed by atoms with Gasteiger partial charge in [0.25, 0.3) is 0 Å². The molecule has 126 valence electrons. The maximum atomic E-state index is 12.0. The van der Waals surface area contributed by atoms with E-state index < -0.39 is 0 Å². The highest BCUT2D eigenvalue weighted by molar-refractivity contribution is 8.00. The Morgan fingerprint density at radius 3 is 2.58 bits per heavy atom. The molecule has 7 heteroatoms. The van der Waals surface area contributed by atoms with Crippen molar-refractivity contribution in [3.05, 3.63) is 52.5 Å². The Labute approximate surface area is 154 Å². The fourth-order valence-corrected chi connectivity index (χ4v) is 3.71. The van der Waals surface area contributed by atoms with E-state index in [2.05, 4.69) is 5.32 Å². The summed E-state index contributed by atoms with van der Waals surface area (Å²) in [5.74, 6) is 1.54. The van der Waals surface area contributed by atoms with Crippen molar-refractivity contribution in [2.45, 2.75) is 11.0 Å². The third-order valence-corrected chi connectivity index (χ3v) is 5.35. The van der Waals surface area contributed by atoms with Crippen LogP contribution in [0.2, 0.25) is 10.0 Å². The Bertz CT molecular complexity index is 721. The molecule has 4 nitrogen and oxygen atoms in total. The molecule has 0 spiro atoms. The summed E-state index contributed by atoms with van der Waals surface area (Å²) in [7, 11) is 0. The molecule has 0 bridgehead atoms. The number of para-hydroxylation sites is 2. The lowest BCUT2D eigenvalue weighted by Gasteiger charge is -2.26. The normalized spacial score (nSPS) is 15.8. The molecule has 0 saturated carbocycles. The summed E-state index contributed by atoms with van der Waals surface area (Å²) in [5, 5.41) is 3.93. The molecule has 1 N–H and O–H groups in total. The van der Waals surface area contributed by atoms with Gasteiger partial charge in [0.1, 0.15) is 12.7 Å². The van der Waals surface area contributed by atoms with Gasteiger partial charge >= 0.3 is 0 Å². The minimum Gasteiger partial charge on any atom is -0.486 e. The average Bonchev–Trinajstić information content (AvgIpc) is 2.59. The molecule has 24 heavy (non-hydrogen) atoms. The standard InChI is InChI=1S/C17H15Cl2NO3S/c18-12-4-3-5-13(19)17(12)24-10-16(21)20-8-11-9-22-14-6-1-2-7-15(14)23-11/h1-7,11H,8-10H2,(H,20,21)/t11-/m1/s1. The monoisotopic (exact) mass is 383 g/mol. The smallest absolute Gasteiger partial charge is 0.230 e. The summed E-state index contributed by atoms with van der Waals surface area (Å²) >= 11 is 13.5. The predicted octanol–water partition coefficient (Wildman–Crippen LogP) is 4.04. The number of carbonyl (C=O) groups is 1. The molecule has 1 aliphatic heterocycles. The van der Waals surface area contributed by atoms with Crippen molar-refractivity contribution in [1.82, 2.24) is 5.32 Å². The van der Waals surface area contributed by atoms with Crippen molar-refractivity contribution in [2.24, 2.45) is 0 Å². The lowest BCUT2D eigenvalue weighted by atomic mass is 10.2. The fourth-order valence-electron chi connectivity index (χ4n) is 2.20. The number of hydrogen-bond acceptors (Lipinski definition) is 4. The maximum Gasteiger partial charge on any atom is 0.230 e. The summed E-state index contributed by atoms with van der Waals surface area (Å²) in [6.07, 6.45) is -0.210. The van der Waals surface area contributed by atoms with Crippen LogP contribution in [0.15, 0.2) is 47.4 Å². The summed E-state index contributed by atoms with van der Waals surface area (Å²) in [5.41, 5.74) is 0. The zero-order chi connectivity index (χ0) is 16.9. The fraction of sp³-hybridized carbons (Fsp3) is 0.235. The number of thioether (sulfide) groups is 1. The van der Waals surface area contributed by atoms with E-state index in [0.717, 1.165) is 5.75 Å². The van der Waals surface area contributed by atoms with Gasteiger partial charge in [-0.25, -0.2) is 0 Å². The molecule has 1 heterocycles. The van der Waals surface area contributed by atoms with E-state index >= 15 is 0 Å². The van der Waals surface area contributed by atoms with Crippen LogP contribution in [0.5, 0.6) is 11.5 Å². The van der Waals surface area contributed by atoms with Crippen LogP contribution in [-0.2, 0) is 4.79 Å². The van der Waals surface area contributed by atoms with Crippen LogP contribution < -0.4 is 14.8 Å². The maximum absolute atomic E-state index is 12.0. The van der Waals surface area contributed by atoms with E-state index in [-0.39, 0.29) is 17.8 Å². The molecule has 0 aliphatic carbocycles. The Morgan fingerprint density at radius 1 is 1.12 bits per heavy atom. The van der Waals surface area contributed by atoms with Gasteiger partial charge in [0.2, 0.25) is 5.91 Å². The molecule has 0 fully saturated rings. The van der Waals surface area contributed by atoms with Crippen molar-refractivity contribution < 1.29 is 14.3 Å². The van der Waals surface area contributed by atoms with Crippen molar-refractivity contribution in [3.63, 3.8) is 0 Å². The van der Waals surface area contributed by atoms with E-state index in [9.17, 15) is 4.79 Å². The second kappa shape index (κ2) is 8.01. The van der Waals surface area contributed by atoms with Gasteiger partial charge in [0, 0.05) is 4.90 Å². The Kier molecular flexibility index (Phi) is 5.76. The van der Waals surface area contributed by atoms with Gasteiger partial charge in [0.15, 0.2) is 11.5 Å². The number of ether oxygens (including phenoxy) is 2. The van der Waals surface area contributed by atoms with E-state index in [1.807, 2.05) is 24.3 Å². The van der Waals surface area contributed by atoms with Crippen molar-refractivity contribution in [1.29, 1.82) is 0 Å². The molecule has 1 amide bonds. The van der Waals surface area contributed by atoms with Crippen LogP contribution in [-0.4, -0.2) is 30.9 Å². The molecule has 0 radical (unpaired) electrons. The number of benzene rings is 2. The second-order valence-electron chi connectivity index (χ2n) is 5.14. The highest BCUT2D eigenvalue weighted by Crippen LogP contribution is 2.33. The molecular weight excluding hydrogens is 369 g/mol. The number of rotatable bonds is 5. The number of amides is 1. The summed E-state index contributed by atoms with van der Waals surface area (Å²) < 4.78 is 11.4. The third kappa shape index (κ3) is 4.29. The van der Waals surface area contributed by atoms with Crippen molar-refractivity contribution in [2.75, 3.05) is 18.9 Å². The highest BCUT2D eigenvalue weighted by atomic mass is 35.5. The van der Waals surface area contributed by atoms with E-state index in [4.69, 9.17) is 32.7 Å². The predicted molar refractivity (Wildman–Crippen MR) is 96.5 cm³/mol. The first-order valence-corrected chi connectivity index (χ1v) is 9.09. The molecule has 0 aromatic heterocycles. The highest BCUT2D eigenvalue weighted by Gasteiger charge is 2.21. The Morgan fingerprint density at radius 2 is 1.83 bits per heavy atom. The molecule has 2 aromatic rings. The first kappa shape index (κ1) is 17.3. The molecule has 3 rings (SSSR count).